The molecule has 1 heterocycles. The number of halogens is 3. The fourth-order valence-corrected chi connectivity index (χ4v) is 4.89. The molecule has 1 saturated heterocycles. The smallest absolute Gasteiger partial charge is 0.255 e. The number of carbonyl (C=O) groups excluding carboxylic acids is 2. The summed E-state index contributed by atoms with van der Waals surface area (Å²) in [5, 5.41) is -0.153. The Morgan fingerprint density at radius 2 is 1.55 bits per heavy atom. The molecule has 0 spiro atoms. The molecule has 1 fully saturated rings. The molecule has 1 aliphatic rings. The van der Waals surface area contributed by atoms with E-state index in [-0.39, 0.29) is 52.5 Å². The van der Waals surface area contributed by atoms with Crippen molar-refractivity contribution in [3.8, 4) is 0 Å². The van der Waals surface area contributed by atoms with Gasteiger partial charge in [-0.3, -0.25) is 9.59 Å². The molecule has 2 aromatic rings. The summed E-state index contributed by atoms with van der Waals surface area (Å²) in [6, 6.07) is 7.85. The number of sulfonamides is 1. The van der Waals surface area contributed by atoms with Crippen molar-refractivity contribution >= 4 is 44.9 Å². The highest BCUT2D eigenvalue weighted by molar-refractivity contribution is 7.89. The quantitative estimate of drug-likeness (QED) is 0.519. The lowest BCUT2D eigenvalue weighted by Crippen LogP contribution is -2.50. The SMILES string of the molecule is CC(=O)c1ccc(S(=O)(=O)N2CCN(C(=O)c3cc(F)c(Cl)cc3Cl)CC2)cc1. The summed E-state index contributed by atoms with van der Waals surface area (Å²) in [6.45, 7) is 1.82. The Morgan fingerprint density at radius 3 is 2.10 bits per heavy atom. The molecule has 0 bridgehead atoms. The van der Waals surface area contributed by atoms with Gasteiger partial charge < -0.3 is 4.90 Å². The van der Waals surface area contributed by atoms with Crippen molar-refractivity contribution in [3.63, 3.8) is 0 Å². The summed E-state index contributed by atoms with van der Waals surface area (Å²) in [6.07, 6.45) is 0. The fourth-order valence-electron chi connectivity index (χ4n) is 3.00. The largest absolute Gasteiger partial charge is 0.336 e. The van der Waals surface area contributed by atoms with E-state index in [1.54, 1.807) is 0 Å². The molecular weight excluding hydrogens is 442 g/mol. The Kier molecular flexibility index (Phi) is 6.28. The number of benzene rings is 2. The normalized spacial score (nSPS) is 15.4. The minimum atomic E-state index is -3.76. The number of ketones is 1. The third-order valence-corrected chi connectivity index (χ3v) is 7.18. The van der Waals surface area contributed by atoms with Gasteiger partial charge in [0.1, 0.15) is 5.82 Å². The minimum Gasteiger partial charge on any atom is -0.336 e. The minimum absolute atomic E-state index is 0.0234. The molecule has 0 aromatic heterocycles. The average Bonchev–Trinajstić information content (AvgIpc) is 2.70. The van der Waals surface area contributed by atoms with Gasteiger partial charge in [-0.25, -0.2) is 12.8 Å². The van der Waals surface area contributed by atoms with Crippen molar-refractivity contribution in [2.45, 2.75) is 11.8 Å². The third kappa shape index (κ3) is 4.45. The Morgan fingerprint density at radius 1 is 0.966 bits per heavy atom. The Labute approximate surface area is 177 Å². The number of carbonyl (C=O) groups is 2. The second-order valence-electron chi connectivity index (χ2n) is 6.52. The van der Waals surface area contributed by atoms with Crippen molar-refractivity contribution in [1.29, 1.82) is 0 Å². The molecule has 0 atom stereocenters. The van der Waals surface area contributed by atoms with Crippen molar-refractivity contribution in [2.75, 3.05) is 26.2 Å². The lowest BCUT2D eigenvalue weighted by Gasteiger charge is -2.34. The zero-order valence-electron chi connectivity index (χ0n) is 15.4. The van der Waals surface area contributed by atoms with E-state index in [0.29, 0.717) is 5.56 Å². The summed E-state index contributed by atoms with van der Waals surface area (Å²) >= 11 is 11.7. The zero-order chi connectivity index (χ0) is 21.3. The van der Waals surface area contributed by atoms with Crippen LogP contribution in [0.3, 0.4) is 0 Å². The highest BCUT2D eigenvalue weighted by Gasteiger charge is 2.31. The molecule has 6 nitrogen and oxygen atoms in total. The Hall–Kier alpha value is -2.00. The predicted molar refractivity (Wildman–Crippen MR) is 108 cm³/mol. The zero-order valence-corrected chi connectivity index (χ0v) is 17.7. The molecule has 0 radical (unpaired) electrons. The van der Waals surface area contributed by atoms with E-state index in [1.807, 2.05) is 0 Å². The molecular formula is C19H17Cl2FN2O4S. The molecule has 0 aliphatic carbocycles. The number of Topliss-reactive ketones (excluding diaryl/α,β-unsaturated/α-hetero) is 1. The van der Waals surface area contributed by atoms with Crippen molar-refractivity contribution < 1.29 is 22.4 Å². The lowest BCUT2D eigenvalue weighted by atomic mass is 10.1. The Bertz CT molecular complexity index is 1070. The fraction of sp³-hybridized carbons (Fsp3) is 0.263. The van der Waals surface area contributed by atoms with Gasteiger partial charge in [-0.05, 0) is 31.2 Å². The number of hydrogen-bond donors (Lipinski definition) is 0. The van der Waals surface area contributed by atoms with Crippen LogP contribution in [0.2, 0.25) is 10.0 Å². The summed E-state index contributed by atoms with van der Waals surface area (Å²) < 4.78 is 40.6. The van der Waals surface area contributed by atoms with Gasteiger partial charge in [0.25, 0.3) is 5.91 Å². The highest BCUT2D eigenvalue weighted by atomic mass is 35.5. The first kappa shape index (κ1) is 21.7. The van der Waals surface area contributed by atoms with Crippen LogP contribution < -0.4 is 0 Å². The van der Waals surface area contributed by atoms with Crippen LogP contribution in [0.1, 0.15) is 27.6 Å². The first-order valence-electron chi connectivity index (χ1n) is 8.66. The summed E-state index contributed by atoms with van der Waals surface area (Å²) in [7, 11) is -3.76. The Balaban J connectivity index is 1.72. The van der Waals surface area contributed by atoms with E-state index in [1.165, 1.54) is 40.4 Å². The van der Waals surface area contributed by atoms with E-state index in [9.17, 15) is 22.4 Å². The van der Waals surface area contributed by atoms with Crippen LogP contribution in [-0.2, 0) is 10.0 Å². The molecule has 154 valence electrons. The van der Waals surface area contributed by atoms with Crippen molar-refractivity contribution in [1.82, 2.24) is 9.21 Å². The number of nitrogens with zero attached hydrogens (tertiary/aromatic N) is 2. The van der Waals surface area contributed by atoms with Gasteiger partial charge in [-0.1, -0.05) is 35.3 Å². The molecule has 0 N–H and O–H groups in total. The monoisotopic (exact) mass is 458 g/mol. The lowest BCUT2D eigenvalue weighted by molar-refractivity contribution is 0.0697. The summed E-state index contributed by atoms with van der Waals surface area (Å²) in [4.78, 5) is 25.5. The standard InChI is InChI=1S/C19H17Cl2FN2O4S/c1-12(25)13-2-4-14(5-3-13)29(27,28)24-8-6-23(7-9-24)19(26)15-10-18(22)17(21)11-16(15)20/h2-5,10-11H,6-9H2,1H3. The number of hydrogen-bond acceptors (Lipinski definition) is 4. The third-order valence-electron chi connectivity index (χ3n) is 4.66. The number of piperazine rings is 1. The second-order valence-corrected chi connectivity index (χ2v) is 9.28. The second kappa shape index (κ2) is 8.39. The van der Waals surface area contributed by atoms with Gasteiger partial charge in [0, 0.05) is 31.7 Å². The van der Waals surface area contributed by atoms with Gasteiger partial charge in [0.2, 0.25) is 10.0 Å². The maximum Gasteiger partial charge on any atom is 0.255 e. The van der Waals surface area contributed by atoms with Crippen LogP contribution in [-0.4, -0.2) is 55.5 Å². The van der Waals surface area contributed by atoms with E-state index < -0.39 is 21.7 Å². The first-order chi connectivity index (χ1) is 13.6. The molecule has 1 amide bonds. The van der Waals surface area contributed by atoms with Gasteiger partial charge in [-0.15, -0.1) is 0 Å². The molecule has 10 heteroatoms. The maximum atomic E-state index is 13.7. The van der Waals surface area contributed by atoms with Gasteiger partial charge in [0.05, 0.1) is 20.5 Å². The topological polar surface area (TPSA) is 74.8 Å². The van der Waals surface area contributed by atoms with Gasteiger partial charge >= 0.3 is 0 Å². The van der Waals surface area contributed by atoms with E-state index in [0.717, 1.165) is 12.1 Å². The van der Waals surface area contributed by atoms with Crippen LogP contribution in [0.15, 0.2) is 41.3 Å². The van der Waals surface area contributed by atoms with Crippen LogP contribution in [0, 0.1) is 5.82 Å². The van der Waals surface area contributed by atoms with Crippen LogP contribution in [0.4, 0.5) is 4.39 Å². The number of amides is 1. The van der Waals surface area contributed by atoms with Crippen molar-refractivity contribution in [2.24, 2.45) is 0 Å². The first-order valence-corrected chi connectivity index (χ1v) is 10.9. The van der Waals surface area contributed by atoms with Crippen LogP contribution in [0.25, 0.3) is 0 Å². The molecule has 2 aromatic carbocycles. The van der Waals surface area contributed by atoms with Crippen LogP contribution >= 0.6 is 23.2 Å². The summed E-state index contributed by atoms with van der Waals surface area (Å²) in [5.74, 6) is -1.40. The van der Waals surface area contributed by atoms with E-state index >= 15 is 0 Å². The molecule has 29 heavy (non-hydrogen) atoms. The molecule has 0 saturated carbocycles. The number of rotatable bonds is 4. The average molecular weight is 459 g/mol. The van der Waals surface area contributed by atoms with Gasteiger partial charge in [-0.2, -0.15) is 4.31 Å². The summed E-state index contributed by atoms with van der Waals surface area (Å²) in [5.41, 5.74) is 0.399. The molecule has 1 aliphatic heterocycles. The van der Waals surface area contributed by atoms with Gasteiger partial charge in [0.15, 0.2) is 5.78 Å². The van der Waals surface area contributed by atoms with E-state index in [2.05, 4.69) is 0 Å². The van der Waals surface area contributed by atoms with Crippen LogP contribution in [0.5, 0.6) is 0 Å². The van der Waals surface area contributed by atoms with E-state index in [4.69, 9.17) is 23.2 Å². The molecule has 0 unspecified atom stereocenters. The predicted octanol–water partition coefficient (Wildman–Crippen LogP) is 3.48. The maximum absolute atomic E-state index is 13.7. The molecule has 3 rings (SSSR count). The van der Waals surface area contributed by atoms with Crippen molar-refractivity contribution in [3.05, 3.63) is 63.4 Å². The highest BCUT2D eigenvalue weighted by Crippen LogP contribution is 2.26.